The molecule has 154 valence electrons. The minimum absolute atomic E-state index is 0.169. The summed E-state index contributed by atoms with van der Waals surface area (Å²) in [5.74, 6) is -3.51. The van der Waals surface area contributed by atoms with E-state index in [1.54, 1.807) is 31.2 Å². The molecule has 2 N–H and O–H groups in total. The molecule has 10 heteroatoms. The van der Waals surface area contributed by atoms with Gasteiger partial charge in [0, 0.05) is 27.1 Å². The smallest absolute Gasteiger partial charge is 0.340 e. The number of hydrogen-bond acceptors (Lipinski definition) is 7. The Labute approximate surface area is 183 Å². The van der Waals surface area contributed by atoms with Gasteiger partial charge in [0.25, 0.3) is 0 Å². The molecule has 1 aromatic carbocycles. The van der Waals surface area contributed by atoms with Gasteiger partial charge >= 0.3 is 5.97 Å². The number of nitrogens with one attached hydrogen (secondary N) is 2. The molecule has 2 fully saturated rings. The van der Waals surface area contributed by atoms with Crippen LogP contribution in [0, 0.1) is 18.8 Å². The van der Waals surface area contributed by atoms with Crippen LogP contribution in [0.3, 0.4) is 0 Å². The topological polar surface area (TPSA) is 105 Å². The Kier molecular flexibility index (Phi) is 4.18. The SMILES string of the molecule is COC(=O)c1cc(C)sc1N1C(=O)C2CNC3(C(=O)Nc4ccc(Br)cc43)C2C1=O. The summed E-state index contributed by atoms with van der Waals surface area (Å²) in [5.41, 5.74) is 0.0797. The van der Waals surface area contributed by atoms with E-state index in [9.17, 15) is 19.2 Å². The van der Waals surface area contributed by atoms with Gasteiger partial charge in [-0.2, -0.15) is 0 Å². The maximum absolute atomic E-state index is 13.6. The number of halogens is 1. The van der Waals surface area contributed by atoms with Gasteiger partial charge in [0.05, 0.1) is 24.5 Å². The number of carbonyl (C=O) groups is 4. The molecule has 3 amide bonds. The molecule has 3 aliphatic heterocycles. The highest BCUT2D eigenvalue weighted by Gasteiger charge is 2.68. The van der Waals surface area contributed by atoms with Gasteiger partial charge in [-0.15, -0.1) is 11.3 Å². The van der Waals surface area contributed by atoms with Crippen LogP contribution in [0.25, 0.3) is 0 Å². The second kappa shape index (κ2) is 6.47. The molecule has 3 aliphatic rings. The number of aryl methyl sites for hydroxylation is 1. The lowest BCUT2D eigenvalue weighted by Gasteiger charge is -2.28. The van der Waals surface area contributed by atoms with Crippen molar-refractivity contribution in [3.8, 4) is 0 Å². The summed E-state index contributed by atoms with van der Waals surface area (Å²) in [4.78, 5) is 54.0. The lowest BCUT2D eigenvalue weighted by atomic mass is 9.77. The van der Waals surface area contributed by atoms with E-state index in [2.05, 4.69) is 26.6 Å². The average molecular weight is 490 g/mol. The van der Waals surface area contributed by atoms with Crippen LogP contribution in [0.2, 0.25) is 0 Å². The Morgan fingerprint density at radius 2 is 2.03 bits per heavy atom. The van der Waals surface area contributed by atoms with Crippen LogP contribution in [0.4, 0.5) is 10.7 Å². The van der Waals surface area contributed by atoms with Crippen LogP contribution in [0.1, 0.15) is 20.8 Å². The Balaban J connectivity index is 1.64. The standard InChI is InChI=1S/C20H16BrN3O5S/c1-8-5-10(18(27)29-2)17(30-8)24-15(25)11-7-22-20(14(11)16(24)26)12-6-9(21)3-4-13(12)23-19(20)28/h3-6,11,14,22H,7H2,1-2H3,(H,23,28). The van der Waals surface area contributed by atoms with Gasteiger partial charge in [-0.25, -0.2) is 9.69 Å². The maximum Gasteiger partial charge on any atom is 0.340 e. The monoisotopic (exact) mass is 489 g/mol. The Morgan fingerprint density at radius 3 is 2.77 bits per heavy atom. The van der Waals surface area contributed by atoms with E-state index in [4.69, 9.17) is 4.74 Å². The first kappa shape index (κ1) is 19.4. The van der Waals surface area contributed by atoms with E-state index >= 15 is 0 Å². The van der Waals surface area contributed by atoms with Crippen LogP contribution in [-0.2, 0) is 24.7 Å². The predicted octanol–water partition coefficient (Wildman–Crippen LogP) is 2.16. The number of carbonyl (C=O) groups excluding carboxylic acids is 4. The summed E-state index contributed by atoms with van der Waals surface area (Å²) in [7, 11) is 1.25. The summed E-state index contributed by atoms with van der Waals surface area (Å²) in [6.45, 7) is 1.97. The molecule has 8 nitrogen and oxygen atoms in total. The number of fused-ring (bicyclic) bond motifs is 4. The maximum atomic E-state index is 13.6. The van der Waals surface area contributed by atoms with Gasteiger partial charge in [-0.1, -0.05) is 15.9 Å². The summed E-state index contributed by atoms with van der Waals surface area (Å²) < 4.78 is 5.58. The molecule has 1 aromatic heterocycles. The zero-order valence-electron chi connectivity index (χ0n) is 15.9. The van der Waals surface area contributed by atoms with Gasteiger partial charge in [-0.05, 0) is 31.2 Å². The van der Waals surface area contributed by atoms with Crippen molar-refractivity contribution in [1.29, 1.82) is 0 Å². The Bertz CT molecular complexity index is 1160. The van der Waals surface area contributed by atoms with Crippen molar-refractivity contribution in [2.75, 3.05) is 23.9 Å². The second-order valence-electron chi connectivity index (χ2n) is 7.50. The van der Waals surface area contributed by atoms with Crippen LogP contribution in [0.15, 0.2) is 28.7 Å². The van der Waals surface area contributed by atoms with Crippen molar-refractivity contribution < 1.29 is 23.9 Å². The fourth-order valence-electron chi connectivity index (χ4n) is 4.70. The minimum Gasteiger partial charge on any atom is -0.465 e. The number of benzene rings is 1. The summed E-state index contributed by atoms with van der Waals surface area (Å²) >= 11 is 4.60. The van der Waals surface area contributed by atoms with E-state index < -0.39 is 35.2 Å². The van der Waals surface area contributed by atoms with Gasteiger partial charge in [0.2, 0.25) is 17.7 Å². The third kappa shape index (κ3) is 2.35. The van der Waals surface area contributed by atoms with Crippen molar-refractivity contribution in [2.45, 2.75) is 12.5 Å². The number of esters is 1. The van der Waals surface area contributed by atoms with Crippen molar-refractivity contribution in [1.82, 2.24) is 5.32 Å². The van der Waals surface area contributed by atoms with Crippen LogP contribution in [-0.4, -0.2) is 37.3 Å². The average Bonchev–Trinajstić information content (AvgIpc) is 3.42. The molecule has 2 aromatic rings. The summed E-state index contributed by atoms with van der Waals surface area (Å²) in [6.07, 6.45) is 0. The van der Waals surface area contributed by atoms with E-state index in [1.165, 1.54) is 18.4 Å². The minimum atomic E-state index is -1.33. The number of anilines is 2. The largest absolute Gasteiger partial charge is 0.465 e. The fourth-order valence-corrected chi connectivity index (χ4v) is 6.07. The van der Waals surface area contributed by atoms with E-state index in [0.29, 0.717) is 11.3 Å². The molecule has 0 radical (unpaired) electrons. The van der Waals surface area contributed by atoms with E-state index in [1.807, 2.05) is 0 Å². The molecule has 0 bridgehead atoms. The number of hydrogen-bond donors (Lipinski definition) is 2. The highest BCUT2D eigenvalue weighted by atomic mass is 79.9. The molecule has 3 atom stereocenters. The number of amides is 3. The number of ether oxygens (including phenoxy) is 1. The van der Waals surface area contributed by atoms with E-state index in [-0.39, 0.29) is 23.0 Å². The van der Waals surface area contributed by atoms with Crippen LogP contribution >= 0.6 is 27.3 Å². The fraction of sp³-hybridized carbons (Fsp3) is 0.300. The van der Waals surface area contributed by atoms with Gasteiger partial charge in [0.1, 0.15) is 10.5 Å². The zero-order chi connectivity index (χ0) is 21.4. The highest BCUT2D eigenvalue weighted by Crippen LogP contribution is 2.52. The molecule has 5 rings (SSSR count). The second-order valence-corrected chi connectivity index (χ2v) is 9.65. The molecule has 4 heterocycles. The Morgan fingerprint density at radius 1 is 1.27 bits per heavy atom. The number of nitrogens with zero attached hydrogens (tertiary/aromatic N) is 1. The summed E-state index contributed by atoms with van der Waals surface area (Å²) in [5, 5.41) is 6.23. The van der Waals surface area contributed by atoms with Crippen molar-refractivity contribution >= 4 is 61.6 Å². The number of methoxy groups -OCH3 is 1. The third-order valence-electron chi connectivity index (χ3n) is 5.95. The molecular weight excluding hydrogens is 474 g/mol. The quantitative estimate of drug-likeness (QED) is 0.494. The first-order chi connectivity index (χ1) is 14.3. The third-order valence-corrected chi connectivity index (χ3v) is 7.48. The van der Waals surface area contributed by atoms with Crippen molar-refractivity contribution in [3.05, 3.63) is 44.7 Å². The molecule has 30 heavy (non-hydrogen) atoms. The molecule has 1 spiro atoms. The predicted molar refractivity (Wildman–Crippen MR) is 112 cm³/mol. The molecular formula is C20H16BrN3O5S. The first-order valence-electron chi connectivity index (χ1n) is 9.22. The number of rotatable bonds is 2. The normalized spacial score (nSPS) is 26.9. The van der Waals surface area contributed by atoms with Gasteiger partial charge < -0.3 is 10.1 Å². The zero-order valence-corrected chi connectivity index (χ0v) is 18.3. The van der Waals surface area contributed by atoms with Gasteiger partial charge in [-0.3, -0.25) is 19.7 Å². The highest BCUT2D eigenvalue weighted by molar-refractivity contribution is 9.10. The number of thiophene rings is 1. The number of imide groups is 1. The lowest BCUT2D eigenvalue weighted by Crippen LogP contribution is -2.51. The molecule has 0 saturated carbocycles. The summed E-state index contributed by atoms with van der Waals surface area (Å²) in [6, 6.07) is 6.95. The van der Waals surface area contributed by atoms with Crippen molar-refractivity contribution in [2.24, 2.45) is 11.8 Å². The van der Waals surface area contributed by atoms with Crippen LogP contribution < -0.4 is 15.5 Å². The molecule has 3 unspecified atom stereocenters. The lowest BCUT2D eigenvalue weighted by molar-refractivity contribution is -0.130. The molecule has 2 saturated heterocycles. The van der Waals surface area contributed by atoms with Gasteiger partial charge in [0.15, 0.2) is 0 Å². The van der Waals surface area contributed by atoms with Crippen molar-refractivity contribution in [3.63, 3.8) is 0 Å². The first-order valence-corrected chi connectivity index (χ1v) is 10.8. The van der Waals surface area contributed by atoms with Crippen LogP contribution in [0.5, 0.6) is 0 Å². The molecule has 0 aliphatic carbocycles. The van der Waals surface area contributed by atoms with E-state index in [0.717, 1.165) is 14.2 Å². The Hall–Kier alpha value is -2.56.